The summed E-state index contributed by atoms with van der Waals surface area (Å²) in [5, 5.41) is 13.6. The number of aliphatic carboxylic acids is 1. The average molecular weight is 372 g/mol. The number of nitrogens with zero attached hydrogens (tertiary/aromatic N) is 4. The van der Waals surface area contributed by atoms with Gasteiger partial charge in [-0.25, -0.2) is 4.68 Å². The van der Waals surface area contributed by atoms with Crippen LogP contribution in [-0.4, -0.2) is 76.6 Å². The summed E-state index contributed by atoms with van der Waals surface area (Å²) in [5.74, 6) is -0.815. The third-order valence-corrected chi connectivity index (χ3v) is 4.97. The number of aryl methyl sites for hydroxylation is 1. The smallest absolute Gasteiger partial charge is 0.317 e. The van der Waals surface area contributed by atoms with E-state index in [9.17, 15) is 4.79 Å². The first-order chi connectivity index (χ1) is 12.9. The normalized spacial score (nSPS) is 18.1. The van der Waals surface area contributed by atoms with Gasteiger partial charge in [0.25, 0.3) is 0 Å². The summed E-state index contributed by atoms with van der Waals surface area (Å²) >= 11 is 0. The standard InChI is InChI=1S/C20H28N4O3/c1-15-19(16(2)24(21-15)17-7-5-4-6-8-17)13-23-9-10-27-18(12-23)11-22(3)14-20(25)26/h4-8,18H,9-14H2,1-3H3,(H,25,26). The molecule has 1 N–H and O–H groups in total. The Morgan fingerprint density at radius 3 is 2.78 bits per heavy atom. The van der Waals surface area contributed by atoms with E-state index in [1.165, 1.54) is 5.56 Å². The fraction of sp³-hybridized carbons (Fsp3) is 0.500. The first-order valence-corrected chi connectivity index (χ1v) is 9.29. The summed E-state index contributed by atoms with van der Waals surface area (Å²) in [7, 11) is 1.81. The number of carboxylic acids is 1. The molecule has 1 atom stereocenters. The van der Waals surface area contributed by atoms with Crippen LogP contribution in [0.1, 0.15) is 17.0 Å². The van der Waals surface area contributed by atoms with Gasteiger partial charge in [0, 0.05) is 37.4 Å². The fourth-order valence-electron chi connectivity index (χ4n) is 3.63. The second-order valence-electron chi connectivity index (χ2n) is 7.22. The molecular formula is C20H28N4O3. The highest BCUT2D eigenvalue weighted by Gasteiger charge is 2.24. The van der Waals surface area contributed by atoms with Gasteiger partial charge in [0.2, 0.25) is 0 Å². The van der Waals surface area contributed by atoms with E-state index in [4.69, 9.17) is 14.9 Å². The highest BCUT2D eigenvalue weighted by molar-refractivity contribution is 5.69. The summed E-state index contributed by atoms with van der Waals surface area (Å²) in [4.78, 5) is 15.0. The molecule has 1 aromatic heterocycles. The van der Waals surface area contributed by atoms with Crippen LogP contribution in [0.4, 0.5) is 0 Å². The largest absolute Gasteiger partial charge is 0.480 e. The second kappa shape index (κ2) is 8.65. The number of morpholine rings is 1. The van der Waals surface area contributed by atoms with Gasteiger partial charge >= 0.3 is 5.97 Å². The molecule has 0 amide bonds. The van der Waals surface area contributed by atoms with Gasteiger partial charge in [0.05, 0.1) is 30.6 Å². The lowest BCUT2D eigenvalue weighted by atomic mass is 10.1. The minimum atomic E-state index is -0.815. The van der Waals surface area contributed by atoms with Crippen molar-refractivity contribution in [2.45, 2.75) is 26.5 Å². The molecule has 0 saturated carbocycles. The number of hydrogen-bond donors (Lipinski definition) is 1. The molecule has 146 valence electrons. The summed E-state index contributed by atoms with van der Waals surface area (Å²) in [6.07, 6.45) is 0.0212. The zero-order valence-corrected chi connectivity index (χ0v) is 16.3. The molecule has 1 saturated heterocycles. The Balaban J connectivity index is 1.66. The van der Waals surface area contributed by atoms with Gasteiger partial charge in [-0.3, -0.25) is 14.6 Å². The van der Waals surface area contributed by atoms with Crippen LogP contribution in [0.3, 0.4) is 0 Å². The zero-order valence-electron chi connectivity index (χ0n) is 16.3. The lowest BCUT2D eigenvalue weighted by molar-refractivity contribution is -0.138. The van der Waals surface area contributed by atoms with Crippen molar-refractivity contribution in [3.63, 3.8) is 0 Å². The summed E-state index contributed by atoms with van der Waals surface area (Å²) in [6, 6.07) is 10.2. The molecule has 2 aromatic rings. The first kappa shape index (κ1) is 19.5. The maximum Gasteiger partial charge on any atom is 0.317 e. The molecule has 1 fully saturated rings. The van der Waals surface area contributed by atoms with E-state index in [1.807, 2.05) is 29.9 Å². The number of carbonyl (C=O) groups is 1. The van der Waals surface area contributed by atoms with Gasteiger partial charge < -0.3 is 9.84 Å². The van der Waals surface area contributed by atoms with Crippen molar-refractivity contribution in [3.8, 4) is 5.69 Å². The van der Waals surface area contributed by atoms with Crippen LogP contribution >= 0.6 is 0 Å². The van der Waals surface area contributed by atoms with Crippen LogP contribution in [-0.2, 0) is 16.1 Å². The fourth-order valence-corrected chi connectivity index (χ4v) is 3.63. The number of benzene rings is 1. The minimum Gasteiger partial charge on any atom is -0.480 e. The minimum absolute atomic E-state index is 0.0212. The van der Waals surface area contributed by atoms with Gasteiger partial charge in [0.15, 0.2) is 0 Å². The van der Waals surface area contributed by atoms with E-state index in [2.05, 4.69) is 30.9 Å². The first-order valence-electron chi connectivity index (χ1n) is 9.29. The molecule has 3 rings (SSSR count). The van der Waals surface area contributed by atoms with Crippen molar-refractivity contribution in [3.05, 3.63) is 47.3 Å². The highest BCUT2D eigenvalue weighted by atomic mass is 16.5. The van der Waals surface area contributed by atoms with Gasteiger partial charge in [-0.1, -0.05) is 18.2 Å². The molecule has 0 aliphatic carbocycles. The van der Waals surface area contributed by atoms with Crippen LogP contribution < -0.4 is 0 Å². The van der Waals surface area contributed by atoms with Crippen LogP contribution in [0.15, 0.2) is 30.3 Å². The van der Waals surface area contributed by atoms with E-state index in [0.717, 1.165) is 36.7 Å². The maximum absolute atomic E-state index is 10.8. The number of para-hydroxylation sites is 1. The second-order valence-corrected chi connectivity index (χ2v) is 7.22. The third kappa shape index (κ3) is 4.94. The van der Waals surface area contributed by atoms with Crippen LogP contribution in [0.2, 0.25) is 0 Å². The SMILES string of the molecule is Cc1nn(-c2ccccc2)c(C)c1CN1CCOC(CN(C)CC(=O)O)C1. The molecule has 27 heavy (non-hydrogen) atoms. The number of ether oxygens (including phenoxy) is 1. The van der Waals surface area contributed by atoms with Gasteiger partial charge in [0.1, 0.15) is 0 Å². The van der Waals surface area contributed by atoms with Gasteiger partial charge in [-0.15, -0.1) is 0 Å². The number of hydrogen-bond acceptors (Lipinski definition) is 5. The summed E-state index contributed by atoms with van der Waals surface area (Å²) < 4.78 is 7.84. The lowest BCUT2D eigenvalue weighted by Gasteiger charge is -2.34. The Labute approximate surface area is 160 Å². The topological polar surface area (TPSA) is 70.8 Å². The Hall–Kier alpha value is -2.22. The van der Waals surface area contributed by atoms with Crippen LogP contribution in [0.25, 0.3) is 5.69 Å². The molecule has 7 heteroatoms. The molecule has 1 aliphatic heterocycles. The van der Waals surface area contributed by atoms with E-state index < -0.39 is 5.97 Å². The van der Waals surface area contributed by atoms with E-state index in [0.29, 0.717) is 13.2 Å². The molecule has 1 aromatic carbocycles. The third-order valence-electron chi connectivity index (χ3n) is 4.97. The number of rotatable bonds is 7. The quantitative estimate of drug-likeness (QED) is 0.798. The van der Waals surface area contributed by atoms with Gasteiger partial charge in [-0.05, 0) is 33.0 Å². The number of likely N-dealkylation sites (N-methyl/N-ethyl adjacent to an activating group) is 1. The molecule has 0 spiro atoms. The summed E-state index contributed by atoms with van der Waals surface area (Å²) in [5.41, 5.74) is 4.52. The van der Waals surface area contributed by atoms with Crippen molar-refractivity contribution < 1.29 is 14.6 Å². The van der Waals surface area contributed by atoms with Gasteiger partial charge in [-0.2, -0.15) is 5.10 Å². The maximum atomic E-state index is 10.8. The number of aromatic nitrogens is 2. The van der Waals surface area contributed by atoms with E-state index >= 15 is 0 Å². The zero-order chi connectivity index (χ0) is 19.4. The molecule has 0 radical (unpaired) electrons. The van der Waals surface area contributed by atoms with Crippen LogP contribution in [0, 0.1) is 13.8 Å². The molecule has 7 nitrogen and oxygen atoms in total. The number of carboxylic acid groups (broad SMARTS) is 1. The van der Waals surface area contributed by atoms with Crippen molar-refractivity contribution in [2.75, 3.05) is 39.8 Å². The predicted octanol–water partition coefficient (Wildman–Crippen LogP) is 1.71. The van der Waals surface area contributed by atoms with E-state index in [-0.39, 0.29) is 12.6 Å². The highest BCUT2D eigenvalue weighted by Crippen LogP contribution is 2.20. The molecule has 1 unspecified atom stereocenters. The van der Waals surface area contributed by atoms with Crippen molar-refractivity contribution in [1.82, 2.24) is 19.6 Å². The predicted molar refractivity (Wildman–Crippen MR) is 103 cm³/mol. The summed E-state index contributed by atoms with van der Waals surface area (Å²) in [6.45, 7) is 7.96. The monoisotopic (exact) mass is 372 g/mol. The molecule has 0 bridgehead atoms. The molecular weight excluding hydrogens is 344 g/mol. The Kier molecular flexibility index (Phi) is 6.26. The molecule has 2 heterocycles. The van der Waals surface area contributed by atoms with Crippen LogP contribution in [0.5, 0.6) is 0 Å². The van der Waals surface area contributed by atoms with Crippen molar-refractivity contribution in [2.24, 2.45) is 0 Å². The molecule has 1 aliphatic rings. The Morgan fingerprint density at radius 2 is 2.07 bits per heavy atom. The average Bonchev–Trinajstić information content (AvgIpc) is 2.90. The lowest BCUT2D eigenvalue weighted by Crippen LogP contribution is -2.47. The van der Waals surface area contributed by atoms with Crippen molar-refractivity contribution in [1.29, 1.82) is 0 Å². The van der Waals surface area contributed by atoms with Crippen molar-refractivity contribution >= 4 is 5.97 Å². The van der Waals surface area contributed by atoms with E-state index in [1.54, 1.807) is 4.90 Å². The Morgan fingerprint density at radius 1 is 1.33 bits per heavy atom. The Bertz CT molecular complexity index is 775.